The van der Waals surface area contributed by atoms with Crippen LogP contribution in [0.1, 0.15) is 16.8 Å². The highest BCUT2D eigenvalue weighted by atomic mass is 16.5. The lowest BCUT2D eigenvalue weighted by molar-refractivity contribution is 0.0945. The summed E-state index contributed by atoms with van der Waals surface area (Å²) in [5, 5.41) is 16.8. The molecule has 2 N–H and O–H groups in total. The highest BCUT2D eigenvalue weighted by Gasteiger charge is 2.24. The van der Waals surface area contributed by atoms with Crippen LogP contribution in [0.2, 0.25) is 0 Å². The number of nitrogens with zero attached hydrogens (tertiary/aromatic N) is 3. The van der Waals surface area contributed by atoms with Gasteiger partial charge in [-0.15, -0.1) is 0 Å². The molecule has 3 rings (SSSR count). The van der Waals surface area contributed by atoms with E-state index in [9.17, 15) is 14.7 Å². The lowest BCUT2D eigenvalue weighted by Gasteiger charge is -2.18. The summed E-state index contributed by atoms with van der Waals surface area (Å²) in [5.74, 6) is 0.330. The summed E-state index contributed by atoms with van der Waals surface area (Å²) in [6.07, 6.45) is 2.59. The molecule has 1 atom stereocenters. The monoisotopic (exact) mass is 358 g/mol. The number of phenolic OH excluding ortho intramolecular Hbond substituents is 1. The molecule has 2 heterocycles. The number of carbonyl (C=O) groups excluding carboxylic acids is 1. The summed E-state index contributed by atoms with van der Waals surface area (Å²) < 4.78 is 6.30. The molecule has 0 saturated carbocycles. The maximum absolute atomic E-state index is 12.3. The van der Waals surface area contributed by atoms with Gasteiger partial charge in [-0.25, -0.2) is 4.68 Å². The van der Waals surface area contributed by atoms with Crippen LogP contribution in [0.15, 0.2) is 35.3 Å². The van der Waals surface area contributed by atoms with E-state index in [0.717, 1.165) is 25.2 Å². The first-order valence-corrected chi connectivity index (χ1v) is 8.41. The van der Waals surface area contributed by atoms with Crippen molar-refractivity contribution >= 4 is 11.6 Å². The molecule has 1 aliphatic heterocycles. The molecule has 1 aliphatic rings. The van der Waals surface area contributed by atoms with Gasteiger partial charge in [0.25, 0.3) is 11.5 Å². The van der Waals surface area contributed by atoms with Gasteiger partial charge < -0.3 is 20.1 Å². The summed E-state index contributed by atoms with van der Waals surface area (Å²) in [7, 11) is 3.11. The topological polar surface area (TPSA) is 96.7 Å². The van der Waals surface area contributed by atoms with Gasteiger partial charge in [0.15, 0.2) is 0 Å². The lowest BCUT2D eigenvalue weighted by Crippen LogP contribution is -2.31. The van der Waals surface area contributed by atoms with E-state index in [-0.39, 0.29) is 28.7 Å². The van der Waals surface area contributed by atoms with Gasteiger partial charge in [0, 0.05) is 38.8 Å². The SMILES string of the molecule is COc1ccc(C(=O)NC[C@@H]2CCN(c3cnn(C)c(=O)c3)C2)c(O)c1. The molecule has 1 amide bonds. The summed E-state index contributed by atoms with van der Waals surface area (Å²) in [6, 6.07) is 6.16. The molecule has 0 aliphatic carbocycles. The Labute approximate surface area is 151 Å². The van der Waals surface area contributed by atoms with Crippen LogP contribution in [0.4, 0.5) is 5.69 Å². The number of carbonyl (C=O) groups is 1. The molecule has 1 aromatic heterocycles. The first-order chi connectivity index (χ1) is 12.5. The number of aryl methyl sites for hydroxylation is 1. The van der Waals surface area contributed by atoms with Crippen LogP contribution < -0.4 is 20.5 Å². The third kappa shape index (κ3) is 3.79. The molecule has 2 aromatic rings. The predicted octanol–water partition coefficient (Wildman–Crippen LogP) is 0.751. The number of phenols is 1. The number of aromatic hydroxyl groups is 1. The van der Waals surface area contributed by atoms with Gasteiger partial charge in [-0.3, -0.25) is 9.59 Å². The maximum atomic E-state index is 12.3. The van der Waals surface area contributed by atoms with Crippen molar-refractivity contribution in [2.24, 2.45) is 13.0 Å². The second-order valence-corrected chi connectivity index (χ2v) is 6.37. The molecule has 0 radical (unpaired) electrons. The number of methoxy groups -OCH3 is 1. The smallest absolute Gasteiger partial charge is 0.268 e. The van der Waals surface area contributed by atoms with Crippen LogP contribution in [0.3, 0.4) is 0 Å². The van der Waals surface area contributed by atoms with Crippen molar-refractivity contribution in [1.29, 1.82) is 0 Å². The Bertz CT molecular complexity index is 865. The Balaban J connectivity index is 1.56. The van der Waals surface area contributed by atoms with Gasteiger partial charge in [0.1, 0.15) is 11.5 Å². The van der Waals surface area contributed by atoms with E-state index in [0.29, 0.717) is 12.3 Å². The van der Waals surface area contributed by atoms with Gasteiger partial charge in [0.05, 0.1) is 24.6 Å². The van der Waals surface area contributed by atoms with E-state index in [1.54, 1.807) is 25.4 Å². The molecular weight excluding hydrogens is 336 g/mol. The Morgan fingerprint density at radius 1 is 1.42 bits per heavy atom. The Morgan fingerprint density at radius 3 is 2.92 bits per heavy atom. The Hall–Kier alpha value is -3.03. The van der Waals surface area contributed by atoms with Crippen LogP contribution in [-0.4, -0.2) is 47.5 Å². The second-order valence-electron chi connectivity index (χ2n) is 6.37. The molecule has 8 heteroatoms. The molecule has 1 saturated heterocycles. The Kier molecular flexibility index (Phi) is 5.11. The molecule has 0 bridgehead atoms. The lowest BCUT2D eigenvalue weighted by atomic mass is 10.1. The maximum Gasteiger partial charge on any atom is 0.268 e. The van der Waals surface area contributed by atoms with Crippen LogP contribution in [0, 0.1) is 5.92 Å². The zero-order valence-electron chi connectivity index (χ0n) is 14.8. The summed E-state index contributed by atoms with van der Waals surface area (Å²) in [4.78, 5) is 26.1. The number of aromatic nitrogens is 2. The quantitative estimate of drug-likeness (QED) is 0.819. The zero-order valence-corrected chi connectivity index (χ0v) is 14.8. The minimum Gasteiger partial charge on any atom is -0.507 e. The fourth-order valence-electron chi connectivity index (χ4n) is 3.03. The number of ether oxygens (including phenoxy) is 1. The molecule has 138 valence electrons. The standard InChI is InChI=1S/C18H22N4O4/c1-21-17(24)7-13(10-20-21)22-6-5-12(11-22)9-19-18(25)15-4-3-14(26-2)8-16(15)23/h3-4,7-8,10,12,23H,5-6,9,11H2,1-2H3,(H,19,25)/t12-/m0/s1. The van der Waals surface area contributed by atoms with Crippen molar-refractivity contribution in [3.8, 4) is 11.5 Å². The van der Waals surface area contributed by atoms with E-state index >= 15 is 0 Å². The van der Waals surface area contributed by atoms with Gasteiger partial charge >= 0.3 is 0 Å². The van der Waals surface area contributed by atoms with Crippen molar-refractivity contribution < 1.29 is 14.6 Å². The summed E-state index contributed by atoms with van der Waals surface area (Å²) >= 11 is 0. The first kappa shape index (κ1) is 17.8. The number of amides is 1. The summed E-state index contributed by atoms with van der Waals surface area (Å²) in [5.41, 5.74) is 0.875. The minimum absolute atomic E-state index is 0.110. The number of hydrogen-bond donors (Lipinski definition) is 2. The van der Waals surface area contributed by atoms with E-state index < -0.39 is 0 Å². The number of benzene rings is 1. The van der Waals surface area contributed by atoms with Gasteiger partial charge in [-0.2, -0.15) is 5.10 Å². The van der Waals surface area contributed by atoms with Crippen molar-refractivity contribution in [3.05, 3.63) is 46.4 Å². The summed E-state index contributed by atoms with van der Waals surface area (Å²) in [6.45, 7) is 2.05. The highest BCUT2D eigenvalue weighted by molar-refractivity contribution is 5.97. The fourth-order valence-corrected chi connectivity index (χ4v) is 3.03. The van der Waals surface area contributed by atoms with Crippen molar-refractivity contribution in [3.63, 3.8) is 0 Å². The first-order valence-electron chi connectivity index (χ1n) is 8.41. The number of hydrogen-bond acceptors (Lipinski definition) is 6. The van der Waals surface area contributed by atoms with Crippen LogP contribution in [-0.2, 0) is 7.05 Å². The fraction of sp³-hybridized carbons (Fsp3) is 0.389. The normalized spacial score (nSPS) is 16.5. The third-order valence-corrected chi connectivity index (χ3v) is 4.61. The average molecular weight is 358 g/mol. The average Bonchev–Trinajstić information content (AvgIpc) is 3.11. The van der Waals surface area contributed by atoms with Crippen LogP contribution >= 0.6 is 0 Å². The van der Waals surface area contributed by atoms with E-state index in [1.807, 2.05) is 0 Å². The minimum atomic E-state index is -0.321. The predicted molar refractivity (Wildman–Crippen MR) is 96.8 cm³/mol. The van der Waals surface area contributed by atoms with Gasteiger partial charge in [0.2, 0.25) is 0 Å². The number of rotatable bonds is 5. The van der Waals surface area contributed by atoms with E-state index in [4.69, 9.17) is 4.74 Å². The van der Waals surface area contributed by atoms with Crippen LogP contribution in [0.5, 0.6) is 11.5 Å². The Morgan fingerprint density at radius 2 is 2.23 bits per heavy atom. The largest absolute Gasteiger partial charge is 0.507 e. The zero-order chi connectivity index (χ0) is 18.7. The molecular formula is C18H22N4O4. The van der Waals surface area contributed by atoms with Crippen molar-refractivity contribution in [1.82, 2.24) is 15.1 Å². The molecule has 0 unspecified atom stereocenters. The van der Waals surface area contributed by atoms with E-state index in [1.165, 1.54) is 23.9 Å². The molecule has 0 spiro atoms. The third-order valence-electron chi connectivity index (χ3n) is 4.61. The van der Waals surface area contributed by atoms with Gasteiger partial charge in [-0.05, 0) is 24.5 Å². The molecule has 1 fully saturated rings. The second kappa shape index (κ2) is 7.47. The molecule has 1 aromatic carbocycles. The highest BCUT2D eigenvalue weighted by Crippen LogP contribution is 2.24. The van der Waals surface area contributed by atoms with Crippen LogP contribution in [0.25, 0.3) is 0 Å². The number of nitrogens with one attached hydrogen (secondary N) is 1. The molecule has 26 heavy (non-hydrogen) atoms. The number of anilines is 1. The van der Waals surface area contributed by atoms with Gasteiger partial charge in [-0.1, -0.05) is 0 Å². The van der Waals surface area contributed by atoms with Crippen molar-refractivity contribution in [2.45, 2.75) is 6.42 Å². The van der Waals surface area contributed by atoms with Crippen molar-refractivity contribution in [2.75, 3.05) is 31.6 Å². The molecule has 8 nitrogen and oxygen atoms in total. The van der Waals surface area contributed by atoms with E-state index in [2.05, 4.69) is 15.3 Å².